The first-order valence-corrected chi connectivity index (χ1v) is 5.70. The third kappa shape index (κ3) is 2.02. The van der Waals surface area contributed by atoms with Gasteiger partial charge < -0.3 is 20.6 Å². The highest BCUT2D eigenvalue weighted by molar-refractivity contribution is 5.97. The Balaban J connectivity index is 2.61. The van der Waals surface area contributed by atoms with E-state index in [9.17, 15) is 4.79 Å². The Morgan fingerprint density at radius 2 is 2.39 bits per heavy atom. The number of hydrogen-bond acceptors (Lipinski definition) is 4. The Morgan fingerprint density at radius 1 is 1.67 bits per heavy atom. The number of carbonyl (C=O) groups is 1. The van der Waals surface area contributed by atoms with E-state index in [4.69, 9.17) is 10.8 Å². The fraction of sp³-hybridized carbons (Fsp3) is 0.333. The van der Waals surface area contributed by atoms with Crippen LogP contribution in [0.2, 0.25) is 0 Å². The Labute approximate surface area is 104 Å². The van der Waals surface area contributed by atoms with Crippen LogP contribution in [0, 0.1) is 0 Å². The third-order valence-electron chi connectivity index (χ3n) is 2.95. The highest BCUT2D eigenvalue weighted by Crippen LogP contribution is 2.20. The van der Waals surface area contributed by atoms with Gasteiger partial charge in [-0.25, -0.2) is 9.78 Å². The van der Waals surface area contributed by atoms with Crippen molar-refractivity contribution >= 4 is 17.2 Å². The van der Waals surface area contributed by atoms with E-state index in [2.05, 4.69) is 10.3 Å². The molecule has 1 atom stereocenters. The number of anilines is 1. The summed E-state index contributed by atoms with van der Waals surface area (Å²) in [6.45, 7) is 2.01. The Hall–Kier alpha value is -2.08. The van der Waals surface area contributed by atoms with Gasteiger partial charge in [0.15, 0.2) is 5.69 Å². The number of carboxylic acid groups (broad SMARTS) is 1. The molecule has 6 nitrogen and oxygen atoms in total. The number of fused-ring (bicyclic) bond motifs is 1. The summed E-state index contributed by atoms with van der Waals surface area (Å²) in [4.78, 5) is 15.4. The zero-order valence-corrected chi connectivity index (χ0v) is 10.3. The SMILES string of the molecule is CNC(C)Cc1nc(C(=O)O)c2c(N)cccn12. The van der Waals surface area contributed by atoms with E-state index in [1.54, 1.807) is 22.7 Å². The van der Waals surface area contributed by atoms with E-state index >= 15 is 0 Å². The number of likely N-dealkylation sites (N-methyl/N-ethyl adjacent to an activating group) is 1. The summed E-state index contributed by atoms with van der Waals surface area (Å²) in [5, 5.41) is 12.3. The smallest absolute Gasteiger partial charge is 0.356 e. The van der Waals surface area contributed by atoms with Crippen LogP contribution < -0.4 is 11.1 Å². The van der Waals surface area contributed by atoms with Gasteiger partial charge in [-0.3, -0.25) is 0 Å². The van der Waals surface area contributed by atoms with Crippen molar-refractivity contribution in [2.24, 2.45) is 0 Å². The number of aromatic nitrogens is 2. The molecule has 2 heterocycles. The number of nitrogen functional groups attached to an aromatic ring is 1. The molecule has 0 spiro atoms. The minimum atomic E-state index is -1.06. The van der Waals surface area contributed by atoms with Crippen LogP contribution in [0.5, 0.6) is 0 Å². The van der Waals surface area contributed by atoms with Gasteiger partial charge in [0.1, 0.15) is 11.3 Å². The molecule has 1 unspecified atom stereocenters. The fourth-order valence-electron chi connectivity index (χ4n) is 1.90. The molecular weight excluding hydrogens is 232 g/mol. The van der Waals surface area contributed by atoms with Crippen LogP contribution in [0.15, 0.2) is 18.3 Å². The lowest BCUT2D eigenvalue weighted by Crippen LogP contribution is -2.24. The number of carboxylic acids is 1. The summed E-state index contributed by atoms with van der Waals surface area (Å²) < 4.78 is 1.74. The van der Waals surface area contributed by atoms with Crippen molar-refractivity contribution in [2.45, 2.75) is 19.4 Å². The molecule has 0 amide bonds. The normalized spacial score (nSPS) is 12.8. The van der Waals surface area contributed by atoms with E-state index in [1.165, 1.54) is 0 Å². The number of pyridine rings is 1. The summed E-state index contributed by atoms with van der Waals surface area (Å²) in [5.41, 5.74) is 6.72. The molecule has 0 aliphatic heterocycles. The first kappa shape index (κ1) is 12.4. The van der Waals surface area contributed by atoms with E-state index in [0.717, 1.165) is 0 Å². The molecule has 2 rings (SSSR count). The molecular formula is C12H16N4O2. The van der Waals surface area contributed by atoms with Crippen LogP contribution in [0.1, 0.15) is 23.2 Å². The van der Waals surface area contributed by atoms with Crippen molar-refractivity contribution in [3.8, 4) is 0 Å². The molecule has 96 valence electrons. The molecule has 0 aromatic carbocycles. The number of nitrogens with two attached hydrogens (primary N) is 1. The summed E-state index contributed by atoms with van der Waals surface area (Å²) in [6, 6.07) is 3.66. The number of nitrogens with one attached hydrogen (secondary N) is 1. The van der Waals surface area contributed by atoms with Crippen LogP contribution in [0.3, 0.4) is 0 Å². The van der Waals surface area contributed by atoms with Crippen molar-refractivity contribution in [2.75, 3.05) is 12.8 Å². The third-order valence-corrected chi connectivity index (χ3v) is 2.95. The second-order valence-corrected chi connectivity index (χ2v) is 4.26. The lowest BCUT2D eigenvalue weighted by molar-refractivity contribution is 0.0693. The zero-order chi connectivity index (χ0) is 13.3. The highest BCUT2D eigenvalue weighted by Gasteiger charge is 2.19. The van der Waals surface area contributed by atoms with E-state index in [1.807, 2.05) is 14.0 Å². The molecule has 4 N–H and O–H groups in total. The van der Waals surface area contributed by atoms with Gasteiger partial charge in [-0.15, -0.1) is 0 Å². The van der Waals surface area contributed by atoms with Crippen molar-refractivity contribution in [3.63, 3.8) is 0 Å². The molecule has 0 bridgehead atoms. The first-order chi connectivity index (χ1) is 8.54. The minimum absolute atomic E-state index is 0.00593. The average Bonchev–Trinajstić information content (AvgIpc) is 2.70. The monoisotopic (exact) mass is 248 g/mol. The van der Waals surface area contributed by atoms with Gasteiger partial charge in [0.05, 0.1) is 5.69 Å². The second kappa shape index (κ2) is 4.66. The zero-order valence-electron chi connectivity index (χ0n) is 10.3. The van der Waals surface area contributed by atoms with Gasteiger partial charge in [0.25, 0.3) is 0 Å². The maximum absolute atomic E-state index is 11.2. The van der Waals surface area contributed by atoms with Crippen LogP contribution >= 0.6 is 0 Å². The second-order valence-electron chi connectivity index (χ2n) is 4.26. The van der Waals surface area contributed by atoms with Crippen LogP contribution in [0.25, 0.3) is 5.52 Å². The van der Waals surface area contributed by atoms with Gasteiger partial charge in [0, 0.05) is 18.7 Å². The molecule has 6 heteroatoms. The molecule has 0 saturated carbocycles. The maximum Gasteiger partial charge on any atom is 0.356 e. The number of aromatic carboxylic acids is 1. The number of rotatable bonds is 4. The van der Waals surface area contributed by atoms with Crippen molar-refractivity contribution in [1.29, 1.82) is 0 Å². The Bertz CT molecular complexity index is 591. The number of hydrogen-bond donors (Lipinski definition) is 3. The first-order valence-electron chi connectivity index (χ1n) is 5.70. The number of nitrogens with zero attached hydrogens (tertiary/aromatic N) is 2. The van der Waals surface area contributed by atoms with Crippen molar-refractivity contribution < 1.29 is 9.90 Å². The quantitative estimate of drug-likeness (QED) is 0.743. The summed E-state index contributed by atoms with van der Waals surface area (Å²) in [7, 11) is 1.85. The fourth-order valence-corrected chi connectivity index (χ4v) is 1.90. The average molecular weight is 248 g/mol. The number of imidazole rings is 1. The van der Waals surface area contributed by atoms with E-state index in [0.29, 0.717) is 23.4 Å². The largest absolute Gasteiger partial charge is 0.476 e. The van der Waals surface area contributed by atoms with Crippen molar-refractivity contribution in [1.82, 2.24) is 14.7 Å². The Kier molecular flexibility index (Phi) is 3.20. The Morgan fingerprint density at radius 3 is 3.00 bits per heavy atom. The molecule has 0 fully saturated rings. The molecule has 2 aromatic rings. The molecule has 0 aliphatic rings. The molecule has 0 saturated heterocycles. The minimum Gasteiger partial charge on any atom is -0.476 e. The van der Waals surface area contributed by atoms with Gasteiger partial charge in [-0.1, -0.05) is 0 Å². The summed E-state index contributed by atoms with van der Waals surface area (Å²) in [6.07, 6.45) is 2.41. The maximum atomic E-state index is 11.2. The van der Waals surface area contributed by atoms with Gasteiger partial charge >= 0.3 is 5.97 Å². The molecule has 2 aromatic heterocycles. The summed E-state index contributed by atoms with van der Waals surface area (Å²) >= 11 is 0. The van der Waals surface area contributed by atoms with Crippen LogP contribution in [-0.4, -0.2) is 33.6 Å². The van der Waals surface area contributed by atoms with Gasteiger partial charge in [-0.2, -0.15) is 0 Å². The van der Waals surface area contributed by atoms with E-state index in [-0.39, 0.29) is 11.7 Å². The predicted molar refractivity (Wildman–Crippen MR) is 68.8 cm³/mol. The molecule has 0 aliphatic carbocycles. The van der Waals surface area contributed by atoms with Crippen LogP contribution in [0.4, 0.5) is 5.69 Å². The molecule has 18 heavy (non-hydrogen) atoms. The van der Waals surface area contributed by atoms with Crippen LogP contribution in [-0.2, 0) is 6.42 Å². The highest BCUT2D eigenvalue weighted by atomic mass is 16.4. The summed E-state index contributed by atoms with van der Waals surface area (Å²) in [5.74, 6) is -0.370. The lowest BCUT2D eigenvalue weighted by Gasteiger charge is -2.08. The topological polar surface area (TPSA) is 92.6 Å². The predicted octanol–water partition coefficient (Wildman–Crippen LogP) is 0.765. The molecule has 0 radical (unpaired) electrons. The standard InChI is InChI=1S/C12H16N4O2/c1-7(14-2)6-9-15-10(12(17)18)11-8(13)4-3-5-16(9)11/h3-5,7,14H,6,13H2,1-2H3,(H,17,18). The van der Waals surface area contributed by atoms with E-state index < -0.39 is 5.97 Å². The lowest BCUT2D eigenvalue weighted by atomic mass is 10.2. The van der Waals surface area contributed by atoms with Crippen molar-refractivity contribution in [3.05, 3.63) is 29.8 Å². The van der Waals surface area contributed by atoms with Gasteiger partial charge in [0.2, 0.25) is 0 Å². The van der Waals surface area contributed by atoms with Gasteiger partial charge in [-0.05, 0) is 26.1 Å².